The van der Waals surface area contributed by atoms with Gasteiger partial charge in [0, 0.05) is 42.1 Å². The van der Waals surface area contributed by atoms with Crippen LogP contribution < -0.4 is 14.4 Å². The largest absolute Gasteiger partial charge is 0.469 e. The number of anilines is 1. The van der Waals surface area contributed by atoms with Gasteiger partial charge in [0.15, 0.2) is 29.9 Å². The van der Waals surface area contributed by atoms with Crippen LogP contribution in [0.5, 0.6) is 5.75 Å². The Morgan fingerprint density at radius 2 is 1.80 bits per heavy atom. The molecular weight excluding hydrogens is 611 g/mol. The van der Waals surface area contributed by atoms with E-state index in [-0.39, 0.29) is 57.5 Å². The lowest BCUT2D eigenvalue weighted by atomic mass is 10.0. The standard InChI is InChI=1S/C31H22F3N5O5S/c1-35-31(40)26-19-10-18(22(38(2)45(3,41)42)12-24(19)44-29(26)15-4-6-16(32)7-5-15)30-36-13-25-28(37-30)23-11-17-21(39(23)14-43-25)9-8-20(33)27(17)34/h4-13H,14H2,1-3H3,(H,35,40). The summed E-state index contributed by atoms with van der Waals surface area (Å²) < 4.78 is 82.5. The van der Waals surface area contributed by atoms with Gasteiger partial charge in [0.05, 0.1) is 34.9 Å². The van der Waals surface area contributed by atoms with E-state index in [0.29, 0.717) is 22.2 Å². The van der Waals surface area contributed by atoms with Crippen molar-refractivity contribution in [1.29, 1.82) is 0 Å². The van der Waals surface area contributed by atoms with E-state index in [0.717, 1.165) is 16.6 Å². The second-order valence-electron chi connectivity index (χ2n) is 10.4. The van der Waals surface area contributed by atoms with Gasteiger partial charge in [-0.3, -0.25) is 9.10 Å². The summed E-state index contributed by atoms with van der Waals surface area (Å²) in [5, 5.41) is 2.95. The van der Waals surface area contributed by atoms with Crippen molar-refractivity contribution < 1.29 is 35.5 Å². The molecule has 14 heteroatoms. The molecule has 10 nitrogen and oxygen atoms in total. The first kappa shape index (κ1) is 28.4. The van der Waals surface area contributed by atoms with E-state index in [1.54, 1.807) is 10.6 Å². The van der Waals surface area contributed by atoms with E-state index >= 15 is 0 Å². The van der Waals surface area contributed by atoms with Gasteiger partial charge in [0.1, 0.15) is 22.9 Å². The van der Waals surface area contributed by atoms with Crippen molar-refractivity contribution in [3.63, 3.8) is 0 Å². The third-order valence-electron chi connectivity index (χ3n) is 7.76. The molecule has 0 aliphatic carbocycles. The van der Waals surface area contributed by atoms with E-state index in [4.69, 9.17) is 14.1 Å². The average Bonchev–Trinajstić information content (AvgIpc) is 3.60. The van der Waals surface area contributed by atoms with Crippen molar-refractivity contribution in [3.8, 4) is 39.8 Å². The lowest BCUT2D eigenvalue weighted by Crippen LogP contribution is -2.25. The van der Waals surface area contributed by atoms with Gasteiger partial charge in [-0.2, -0.15) is 0 Å². The molecule has 0 spiro atoms. The molecule has 1 amide bonds. The summed E-state index contributed by atoms with van der Waals surface area (Å²) in [4.78, 5) is 22.3. The number of hydrogen-bond acceptors (Lipinski definition) is 7. The number of aromatic nitrogens is 3. The summed E-state index contributed by atoms with van der Waals surface area (Å²) in [5.74, 6) is -2.49. The van der Waals surface area contributed by atoms with Gasteiger partial charge in [0.2, 0.25) is 10.0 Å². The van der Waals surface area contributed by atoms with Crippen molar-refractivity contribution in [3.05, 3.63) is 83.8 Å². The SMILES string of the molecule is CNC(=O)c1c(-c2ccc(F)cc2)oc2cc(N(C)S(C)(=O)=O)c(-c3ncc4c(n3)-c3cc5c(F)c(F)ccc5n3CO4)cc12. The minimum Gasteiger partial charge on any atom is -0.469 e. The third kappa shape index (κ3) is 4.47. The van der Waals surface area contributed by atoms with Crippen LogP contribution in [-0.4, -0.2) is 49.2 Å². The summed E-state index contributed by atoms with van der Waals surface area (Å²) >= 11 is 0. The number of furan rings is 1. The molecule has 0 fully saturated rings. The molecule has 1 aliphatic rings. The lowest BCUT2D eigenvalue weighted by molar-refractivity contribution is 0.0964. The molecule has 0 saturated heterocycles. The molecule has 0 bridgehead atoms. The van der Waals surface area contributed by atoms with Crippen LogP contribution in [0.3, 0.4) is 0 Å². The maximum atomic E-state index is 14.7. The Kier molecular flexibility index (Phi) is 6.37. The number of sulfonamides is 1. The number of ether oxygens (including phenoxy) is 1. The van der Waals surface area contributed by atoms with Gasteiger partial charge in [0.25, 0.3) is 5.91 Å². The number of carbonyl (C=O) groups is 1. The number of amides is 1. The van der Waals surface area contributed by atoms with Crippen molar-refractivity contribution in [2.45, 2.75) is 6.73 Å². The van der Waals surface area contributed by atoms with Crippen molar-refractivity contribution >= 4 is 43.5 Å². The monoisotopic (exact) mass is 633 g/mol. The number of benzene rings is 3. The van der Waals surface area contributed by atoms with Crippen LogP contribution in [0, 0.1) is 17.5 Å². The Bertz CT molecular complexity index is 2320. The first-order valence-corrected chi connectivity index (χ1v) is 15.3. The first-order valence-electron chi connectivity index (χ1n) is 13.5. The van der Waals surface area contributed by atoms with Gasteiger partial charge < -0.3 is 19.0 Å². The highest BCUT2D eigenvalue weighted by molar-refractivity contribution is 7.92. The molecule has 0 unspecified atom stereocenters. The molecule has 0 saturated carbocycles. The molecule has 0 atom stereocenters. The molecular formula is C31H22F3N5O5S. The molecule has 4 heterocycles. The molecule has 0 radical (unpaired) electrons. The van der Waals surface area contributed by atoms with Gasteiger partial charge in [-0.1, -0.05) is 0 Å². The topological polar surface area (TPSA) is 120 Å². The van der Waals surface area contributed by atoms with Crippen LogP contribution in [0.25, 0.3) is 56.0 Å². The van der Waals surface area contributed by atoms with Gasteiger partial charge >= 0.3 is 0 Å². The number of nitrogens with zero attached hydrogens (tertiary/aromatic N) is 4. The minimum atomic E-state index is -3.82. The zero-order valence-electron chi connectivity index (χ0n) is 23.9. The molecule has 1 aliphatic heterocycles. The molecule has 3 aromatic heterocycles. The highest BCUT2D eigenvalue weighted by Gasteiger charge is 2.29. The summed E-state index contributed by atoms with van der Waals surface area (Å²) in [6.45, 7) is 0.00427. The summed E-state index contributed by atoms with van der Waals surface area (Å²) in [7, 11) is -1.02. The number of halogens is 3. The number of carbonyl (C=O) groups excluding carboxylic acids is 1. The summed E-state index contributed by atoms with van der Waals surface area (Å²) in [5.41, 5.74) is 2.19. The van der Waals surface area contributed by atoms with E-state index in [1.807, 2.05) is 0 Å². The fourth-order valence-electron chi connectivity index (χ4n) is 5.44. The van der Waals surface area contributed by atoms with E-state index in [9.17, 15) is 26.4 Å². The van der Waals surface area contributed by atoms with Crippen molar-refractivity contribution in [2.75, 3.05) is 24.7 Å². The second kappa shape index (κ2) is 10.1. The molecule has 45 heavy (non-hydrogen) atoms. The maximum absolute atomic E-state index is 14.7. The molecule has 7 rings (SSSR count). The van der Waals surface area contributed by atoms with Crippen LogP contribution in [0.4, 0.5) is 18.9 Å². The Hall–Kier alpha value is -5.37. The zero-order chi connectivity index (χ0) is 31.8. The smallest absolute Gasteiger partial charge is 0.255 e. The predicted molar refractivity (Wildman–Crippen MR) is 161 cm³/mol. The number of rotatable bonds is 5. The van der Waals surface area contributed by atoms with Crippen LogP contribution in [-0.2, 0) is 16.8 Å². The molecule has 6 aromatic rings. The second-order valence-corrected chi connectivity index (χ2v) is 12.4. The normalized spacial score (nSPS) is 12.6. The Morgan fingerprint density at radius 3 is 2.51 bits per heavy atom. The zero-order valence-corrected chi connectivity index (χ0v) is 24.7. The predicted octanol–water partition coefficient (Wildman–Crippen LogP) is 5.70. The first-order chi connectivity index (χ1) is 21.5. The minimum absolute atomic E-state index is 0.00427. The van der Waals surface area contributed by atoms with Crippen LogP contribution in [0.1, 0.15) is 10.4 Å². The number of nitrogens with one attached hydrogen (secondary N) is 1. The van der Waals surface area contributed by atoms with Crippen LogP contribution in [0.2, 0.25) is 0 Å². The van der Waals surface area contributed by atoms with Crippen molar-refractivity contribution in [2.24, 2.45) is 0 Å². The molecule has 1 N–H and O–H groups in total. The third-order valence-corrected chi connectivity index (χ3v) is 8.96. The molecule has 3 aromatic carbocycles. The van der Waals surface area contributed by atoms with Crippen molar-refractivity contribution in [1.82, 2.24) is 19.9 Å². The van der Waals surface area contributed by atoms with Gasteiger partial charge in [-0.25, -0.2) is 31.6 Å². The quantitative estimate of drug-likeness (QED) is 0.259. The number of fused-ring (bicyclic) bond motifs is 6. The van der Waals surface area contributed by atoms with E-state index in [1.165, 1.54) is 62.8 Å². The van der Waals surface area contributed by atoms with Gasteiger partial charge in [-0.15, -0.1) is 0 Å². The van der Waals surface area contributed by atoms with Crippen LogP contribution >= 0.6 is 0 Å². The Morgan fingerprint density at radius 1 is 1.04 bits per heavy atom. The fourth-order valence-corrected chi connectivity index (χ4v) is 5.95. The highest BCUT2D eigenvalue weighted by atomic mass is 32.2. The Labute approximate surface area is 253 Å². The van der Waals surface area contributed by atoms with Gasteiger partial charge in [-0.05, 0) is 48.5 Å². The lowest BCUT2D eigenvalue weighted by Gasteiger charge is -2.22. The van der Waals surface area contributed by atoms with E-state index < -0.39 is 33.4 Å². The summed E-state index contributed by atoms with van der Waals surface area (Å²) in [6.07, 6.45) is 2.43. The average molecular weight is 634 g/mol. The highest BCUT2D eigenvalue weighted by Crippen LogP contribution is 2.43. The molecule has 228 valence electrons. The summed E-state index contributed by atoms with van der Waals surface area (Å²) in [6, 6.07) is 12.3. The van der Waals surface area contributed by atoms with Crippen LogP contribution in [0.15, 0.2) is 65.2 Å². The number of hydrogen-bond donors (Lipinski definition) is 1. The Balaban J connectivity index is 1.49. The fraction of sp³-hybridized carbons (Fsp3) is 0.129. The maximum Gasteiger partial charge on any atom is 0.255 e. The van der Waals surface area contributed by atoms with E-state index in [2.05, 4.69) is 10.3 Å².